The molecule has 5 heteroatoms. The van der Waals surface area contributed by atoms with Crippen LogP contribution in [0.2, 0.25) is 0 Å². The third-order valence-electron chi connectivity index (χ3n) is 5.77. The predicted molar refractivity (Wildman–Crippen MR) is 132 cm³/mol. The highest BCUT2D eigenvalue weighted by atomic mass is 32.2. The van der Waals surface area contributed by atoms with E-state index in [4.69, 9.17) is 0 Å². The normalized spacial score (nSPS) is 13.3. The maximum absolute atomic E-state index is 13.7. The monoisotopic (exact) mass is 456 g/mol. The molecule has 0 radical (unpaired) electrons. The molecule has 2 nitrogen and oxygen atoms in total. The van der Waals surface area contributed by atoms with Crippen LogP contribution in [-0.2, 0) is 0 Å². The highest BCUT2D eigenvalue weighted by Gasteiger charge is 2.34. The van der Waals surface area contributed by atoms with Gasteiger partial charge in [0.05, 0.1) is 8.42 Å². The molecule has 0 N–H and O–H groups in total. The standard InChI is InChI=1S/C26H16O2S3/c1-14-10-12-15(13-11-14)20-21-23(27)16-6-2-4-8-18(16)29-25(21)31-26-22(20)24(28)17-7-3-5-9-19(17)30-26/h2-13,20H,1H3. The molecule has 5 aromatic rings. The third kappa shape index (κ3) is 2.92. The van der Waals surface area contributed by atoms with Gasteiger partial charge in [0.1, 0.15) is 0 Å². The van der Waals surface area contributed by atoms with E-state index >= 15 is 0 Å². The molecule has 6 rings (SSSR count). The van der Waals surface area contributed by atoms with E-state index < -0.39 is 0 Å². The van der Waals surface area contributed by atoms with Crippen molar-refractivity contribution in [2.45, 2.75) is 21.3 Å². The molecule has 3 aromatic carbocycles. The van der Waals surface area contributed by atoms with Gasteiger partial charge in [-0.25, -0.2) is 0 Å². The number of fused-ring (bicyclic) bond motifs is 4. The van der Waals surface area contributed by atoms with Gasteiger partial charge in [-0.1, -0.05) is 65.9 Å². The predicted octanol–water partition coefficient (Wildman–Crippen LogP) is 6.79. The fraction of sp³-hybridized carbons (Fsp3) is 0.0769. The molecule has 0 bridgehead atoms. The second-order valence-corrected chi connectivity index (χ2v) is 11.3. The van der Waals surface area contributed by atoms with Crippen molar-refractivity contribution in [3.63, 3.8) is 0 Å². The Kier molecular flexibility index (Phi) is 4.39. The van der Waals surface area contributed by atoms with E-state index in [9.17, 15) is 9.59 Å². The summed E-state index contributed by atoms with van der Waals surface area (Å²) in [6.45, 7) is 2.05. The number of aryl methyl sites for hydroxylation is 1. The summed E-state index contributed by atoms with van der Waals surface area (Å²) in [5.74, 6) is -0.353. The zero-order valence-electron chi connectivity index (χ0n) is 16.5. The van der Waals surface area contributed by atoms with Gasteiger partial charge in [0.25, 0.3) is 0 Å². The molecule has 150 valence electrons. The van der Waals surface area contributed by atoms with Crippen molar-refractivity contribution in [1.29, 1.82) is 0 Å². The average Bonchev–Trinajstić information content (AvgIpc) is 2.79. The molecule has 0 atom stereocenters. The van der Waals surface area contributed by atoms with Crippen LogP contribution in [0.5, 0.6) is 0 Å². The fourth-order valence-electron chi connectivity index (χ4n) is 4.24. The van der Waals surface area contributed by atoms with Gasteiger partial charge in [0.2, 0.25) is 0 Å². The van der Waals surface area contributed by atoms with Crippen molar-refractivity contribution in [3.8, 4) is 0 Å². The first-order valence-corrected chi connectivity index (χ1v) is 12.4. The first-order valence-electron chi connectivity index (χ1n) is 9.98. The lowest BCUT2D eigenvalue weighted by Gasteiger charge is -2.27. The topological polar surface area (TPSA) is 34.1 Å². The van der Waals surface area contributed by atoms with Crippen molar-refractivity contribution in [1.82, 2.24) is 0 Å². The molecule has 2 aromatic heterocycles. The van der Waals surface area contributed by atoms with Crippen molar-refractivity contribution in [3.05, 3.63) is 115 Å². The molecule has 0 amide bonds. The largest absolute Gasteiger partial charge is 0.289 e. The van der Waals surface area contributed by atoms with E-state index in [0.29, 0.717) is 0 Å². The van der Waals surface area contributed by atoms with Crippen molar-refractivity contribution in [2.75, 3.05) is 0 Å². The number of hydrogen-bond acceptors (Lipinski definition) is 5. The molecule has 0 fully saturated rings. The SMILES string of the molecule is Cc1ccc(C2c3c(sc4ccccc4c3=O)Sc3sc4ccccc4c(=O)c32)cc1. The Morgan fingerprint density at radius 3 is 1.65 bits per heavy atom. The van der Waals surface area contributed by atoms with Crippen LogP contribution >= 0.6 is 34.4 Å². The van der Waals surface area contributed by atoms with Crippen molar-refractivity contribution >= 4 is 54.6 Å². The summed E-state index contributed by atoms with van der Waals surface area (Å²) >= 11 is 4.87. The summed E-state index contributed by atoms with van der Waals surface area (Å²) in [4.78, 5) is 27.4. The fourth-order valence-corrected chi connectivity index (χ4v) is 8.46. The van der Waals surface area contributed by atoms with Crippen molar-refractivity contribution in [2.24, 2.45) is 0 Å². The summed E-state index contributed by atoms with van der Waals surface area (Å²) in [5.41, 5.74) is 3.69. The zero-order valence-corrected chi connectivity index (χ0v) is 19.0. The molecule has 0 unspecified atom stereocenters. The van der Waals surface area contributed by atoms with E-state index in [2.05, 4.69) is 24.3 Å². The minimum atomic E-state index is -0.353. The Balaban J connectivity index is 1.75. The van der Waals surface area contributed by atoms with Crippen LogP contribution < -0.4 is 10.9 Å². The highest BCUT2D eigenvalue weighted by molar-refractivity contribution is 8.03. The molecular formula is C26H16O2S3. The van der Waals surface area contributed by atoms with E-state index in [1.54, 1.807) is 34.4 Å². The van der Waals surface area contributed by atoms with Crippen molar-refractivity contribution < 1.29 is 0 Å². The minimum Gasteiger partial charge on any atom is -0.289 e. The summed E-state index contributed by atoms with van der Waals surface area (Å²) in [7, 11) is 0. The van der Waals surface area contributed by atoms with Crippen LogP contribution in [0.1, 0.15) is 28.2 Å². The molecule has 31 heavy (non-hydrogen) atoms. The van der Waals surface area contributed by atoms with Crippen LogP contribution in [0, 0.1) is 6.92 Å². The summed E-state index contributed by atoms with van der Waals surface area (Å²) < 4.78 is 3.95. The van der Waals surface area contributed by atoms with Crippen LogP contribution in [-0.4, -0.2) is 0 Å². The van der Waals surface area contributed by atoms with Gasteiger partial charge in [-0.2, -0.15) is 0 Å². The first-order chi connectivity index (χ1) is 15.1. The van der Waals surface area contributed by atoms with Gasteiger partial charge in [-0.15, -0.1) is 22.7 Å². The maximum atomic E-state index is 13.7. The molecule has 1 aliphatic heterocycles. The quantitative estimate of drug-likeness (QED) is 0.273. The Morgan fingerprint density at radius 1 is 0.645 bits per heavy atom. The molecule has 1 aliphatic rings. The lowest BCUT2D eigenvalue weighted by Crippen LogP contribution is -2.25. The summed E-state index contributed by atoms with van der Waals surface area (Å²) in [6.07, 6.45) is 0. The Bertz CT molecular complexity index is 1510. The molecule has 0 saturated heterocycles. The zero-order chi connectivity index (χ0) is 21.1. The maximum Gasteiger partial charge on any atom is 0.193 e. The first kappa shape index (κ1) is 19.0. The molecule has 3 heterocycles. The number of hydrogen-bond donors (Lipinski definition) is 0. The van der Waals surface area contributed by atoms with E-state index in [-0.39, 0.29) is 16.8 Å². The number of rotatable bonds is 1. The van der Waals surface area contributed by atoms with E-state index in [0.717, 1.165) is 50.8 Å². The van der Waals surface area contributed by atoms with Gasteiger partial charge >= 0.3 is 0 Å². The second-order valence-electron chi connectivity index (χ2n) is 7.70. The van der Waals surface area contributed by atoms with Gasteiger partial charge < -0.3 is 0 Å². The summed E-state index contributed by atoms with van der Waals surface area (Å²) in [6, 6.07) is 23.8. The Morgan fingerprint density at radius 2 is 1.13 bits per heavy atom. The minimum absolute atomic E-state index is 0.0330. The third-order valence-corrected chi connectivity index (χ3v) is 9.54. The van der Waals surface area contributed by atoms with E-state index in [1.807, 2.05) is 55.5 Å². The molecule has 0 aliphatic carbocycles. The highest BCUT2D eigenvalue weighted by Crippen LogP contribution is 2.51. The van der Waals surface area contributed by atoms with Gasteiger partial charge in [0, 0.05) is 37.2 Å². The Labute approximate surface area is 190 Å². The lowest BCUT2D eigenvalue weighted by molar-refractivity contribution is 0.910. The van der Waals surface area contributed by atoms with Crippen LogP contribution in [0.3, 0.4) is 0 Å². The van der Waals surface area contributed by atoms with Crippen LogP contribution in [0.25, 0.3) is 20.2 Å². The second kappa shape index (κ2) is 7.16. The van der Waals surface area contributed by atoms with Gasteiger partial charge in [-0.3, -0.25) is 9.59 Å². The smallest absolute Gasteiger partial charge is 0.193 e. The average molecular weight is 457 g/mol. The van der Waals surface area contributed by atoms with Crippen LogP contribution in [0.4, 0.5) is 0 Å². The molecule has 0 spiro atoms. The van der Waals surface area contributed by atoms with Crippen LogP contribution in [0.15, 0.2) is 90.8 Å². The van der Waals surface area contributed by atoms with E-state index in [1.165, 1.54) is 0 Å². The Hall–Kier alpha value is -2.73. The molecular weight excluding hydrogens is 440 g/mol. The molecule has 0 saturated carbocycles. The van der Waals surface area contributed by atoms with Gasteiger partial charge in [-0.05, 0) is 36.8 Å². The number of benzene rings is 3. The summed E-state index contributed by atoms with van der Waals surface area (Å²) in [5, 5.41) is 1.45. The lowest BCUT2D eigenvalue weighted by atomic mass is 9.86. The van der Waals surface area contributed by atoms with Gasteiger partial charge in [0.15, 0.2) is 10.9 Å².